The van der Waals surface area contributed by atoms with Gasteiger partial charge in [-0.3, -0.25) is 4.98 Å². The number of piperazine rings is 1. The molecule has 32 heavy (non-hydrogen) atoms. The molecule has 0 radical (unpaired) electrons. The molecule has 1 aromatic carbocycles. The number of anilines is 1. The van der Waals surface area contributed by atoms with E-state index in [0.717, 1.165) is 31.9 Å². The maximum atomic E-state index is 15.1. The zero-order chi connectivity index (χ0) is 22.7. The minimum absolute atomic E-state index is 0.0655. The van der Waals surface area contributed by atoms with Gasteiger partial charge in [-0.1, -0.05) is 12.1 Å². The zero-order valence-electron chi connectivity index (χ0n) is 17.8. The monoisotopic (exact) mass is 462 g/mol. The molecule has 2 aliphatic heterocycles. The Labute approximate surface area is 188 Å². The van der Waals surface area contributed by atoms with E-state index in [1.807, 2.05) is 12.1 Å². The van der Waals surface area contributed by atoms with E-state index < -0.39 is 23.1 Å². The first-order valence-corrected chi connectivity index (χ1v) is 11.6. The van der Waals surface area contributed by atoms with Crippen molar-refractivity contribution in [1.29, 1.82) is 0 Å². The molecule has 1 fully saturated rings. The van der Waals surface area contributed by atoms with Crippen LogP contribution in [0, 0.1) is 5.82 Å². The number of benzene rings is 1. The van der Waals surface area contributed by atoms with Crippen LogP contribution < -0.4 is 4.31 Å². The van der Waals surface area contributed by atoms with E-state index in [0.29, 0.717) is 23.4 Å². The van der Waals surface area contributed by atoms with E-state index in [2.05, 4.69) is 41.6 Å². The summed E-state index contributed by atoms with van der Waals surface area (Å²) in [5.74, 6) is 3.98. The van der Waals surface area contributed by atoms with Crippen molar-refractivity contribution in [2.24, 2.45) is 10.2 Å². The SMILES string of the molecule is C=S(N1CCN(C)CC1)N(Cc1ccc(C2=NN=C(C(F)F)C2)cc1F)c1cccnc1. The van der Waals surface area contributed by atoms with Gasteiger partial charge in [0.1, 0.15) is 11.5 Å². The van der Waals surface area contributed by atoms with Crippen molar-refractivity contribution in [1.82, 2.24) is 14.2 Å². The van der Waals surface area contributed by atoms with Gasteiger partial charge in [0.25, 0.3) is 6.43 Å². The van der Waals surface area contributed by atoms with Gasteiger partial charge in [-0.25, -0.2) is 17.5 Å². The lowest BCUT2D eigenvalue weighted by molar-refractivity contribution is 0.224. The first-order chi connectivity index (χ1) is 15.4. The number of aromatic nitrogens is 1. The summed E-state index contributed by atoms with van der Waals surface area (Å²) in [5, 5.41) is 7.32. The van der Waals surface area contributed by atoms with Gasteiger partial charge in [0, 0.05) is 49.9 Å². The molecule has 0 N–H and O–H groups in total. The highest BCUT2D eigenvalue weighted by Gasteiger charge is 2.24. The maximum Gasteiger partial charge on any atom is 0.278 e. The second kappa shape index (κ2) is 9.93. The Bertz CT molecular complexity index is 1040. The lowest BCUT2D eigenvalue weighted by atomic mass is 10.0. The Morgan fingerprint density at radius 3 is 2.56 bits per heavy atom. The Kier molecular flexibility index (Phi) is 7.02. The van der Waals surface area contributed by atoms with Crippen molar-refractivity contribution in [3.8, 4) is 0 Å². The lowest BCUT2D eigenvalue weighted by Gasteiger charge is -2.39. The molecule has 0 amide bonds. The molecule has 0 saturated carbocycles. The second-order valence-corrected chi connectivity index (χ2v) is 9.38. The van der Waals surface area contributed by atoms with Crippen LogP contribution in [0.5, 0.6) is 0 Å². The number of pyridine rings is 1. The van der Waals surface area contributed by atoms with Crippen LogP contribution in [-0.4, -0.2) is 71.1 Å². The molecule has 1 unspecified atom stereocenters. The van der Waals surface area contributed by atoms with Gasteiger partial charge in [0.15, 0.2) is 0 Å². The number of rotatable bonds is 7. The fourth-order valence-corrected chi connectivity index (χ4v) is 5.09. The number of halogens is 3. The van der Waals surface area contributed by atoms with Gasteiger partial charge in [0.2, 0.25) is 0 Å². The standard InChI is InChI=1S/C22H25F3N6S/c1-29-8-10-30(11-9-29)32(2)31(18-4-3-7-26-14-18)15-17-6-5-16(12-19(17)23)20-13-21(22(24)25)28-27-20/h3-7,12,14,22H,2,8-11,13,15H2,1H3. The van der Waals surface area contributed by atoms with Gasteiger partial charge in [0.05, 0.1) is 24.1 Å². The Hall–Kier alpha value is -2.56. The van der Waals surface area contributed by atoms with E-state index in [4.69, 9.17) is 0 Å². The number of nitrogens with zero attached hydrogens (tertiary/aromatic N) is 6. The lowest BCUT2D eigenvalue weighted by Crippen LogP contribution is -2.43. The van der Waals surface area contributed by atoms with Crippen molar-refractivity contribution >= 4 is 33.8 Å². The van der Waals surface area contributed by atoms with E-state index in [9.17, 15) is 8.78 Å². The summed E-state index contributed by atoms with van der Waals surface area (Å²) in [4.78, 5) is 6.49. The zero-order valence-corrected chi connectivity index (χ0v) is 18.6. The largest absolute Gasteiger partial charge is 0.304 e. The molecule has 2 aromatic rings. The average molecular weight is 463 g/mol. The van der Waals surface area contributed by atoms with Crippen molar-refractivity contribution in [3.05, 3.63) is 59.7 Å². The molecule has 1 aromatic heterocycles. The van der Waals surface area contributed by atoms with Crippen LogP contribution in [0.1, 0.15) is 17.5 Å². The third-order valence-corrected chi connectivity index (χ3v) is 7.36. The van der Waals surface area contributed by atoms with Crippen LogP contribution in [-0.2, 0) is 6.54 Å². The predicted molar refractivity (Wildman–Crippen MR) is 125 cm³/mol. The first kappa shape index (κ1) is 22.6. The van der Waals surface area contributed by atoms with E-state index >= 15 is 4.39 Å². The van der Waals surface area contributed by atoms with Crippen molar-refractivity contribution in [2.75, 3.05) is 37.5 Å². The van der Waals surface area contributed by atoms with E-state index in [-0.39, 0.29) is 12.1 Å². The Morgan fingerprint density at radius 2 is 1.94 bits per heavy atom. The summed E-state index contributed by atoms with van der Waals surface area (Å²) >= 11 is 0. The molecule has 0 bridgehead atoms. The second-order valence-electron chi connectivity index (χ2n) is 7.74. The molecular weight excluding hydrogens is 437 g/mol. The molecule has 6 nitrogen and oxygen atoms in total. The van der Waals surface area contributed by atoms with Gasteiger partial charge in [-0.15, -0.1) is 0 Å². The summed E-state index contributed by atoms with van der Waals surface area (Å²) in [7, 11) is 1.57. The highest BCUT2D eigenvalue weighted by molar-refractivity contribution is 8.13. The molecule has 4 rings (SSSR count). The van der Waals surface area contributed by atoms with Gasteiger partial charge < -0.3 is 9.21 Å². The normalized spacial score (nSPS) is 18.5. The molecule has 10 heteroatoms. The minimum atomic E-state index is -2.65. The first-order valence-electron chi connectivity index (χ1n) is 10.3. The van der Waals surface area contributed by atoms with Crippen molar-refractivity contribution in [3.63, 3.8) is 0 Å². The number of hydrogen-bond acceptors (Lipinski definition) is 6. The Morgan fingerprint density at radius 1 is 1.16 bits per heavy atom. The summed E-state index contributed by atoms with van der Waals surface area (Å²) < 4.78 is 45.1. The molecule has 2 aliphatic rings. The van der Waals surface area contributed by atoms with Gasteiger partial charge in [-0.2, -0.15) is 10.2 Å². The molecule has 1 atom stereocenters. The highest BCUT2D eigenvalue weighted by atomic mass is 32.2. The van der Waals surface area contributed by atoms with Crippen LogP contribution >= 0.6 is 10.9 Å². The summed E-state index contributed by atoms with van der Waals surface area (Å²) in [6.45, 7) is 3.98. The predicted octanol–water partition coefficient (Wildman–Crippen LogP) is 3.82. The van der Waals surface area contributed by atoms with E-state index in [1.165, 1.54) is 6.07 Å². The average Bonchev–Trinajstić information content (AvgIpc) is 3.30. The summed E-state index contributed by atoms with van der Waals surface area (Å²) in [6, 6.07) is 8.52. The molecule has 0 aliphatic carbocycles. The van der Waals surface area contributed by atoms with E-state index in [1.54, 1.807) is 24.5 Å². The van der Waals surface area contributed by atoms with Crippen molar-refractivity contribution < 1.29 is 13.2 Å². The minimum Gasteiger partial charge on any atom is -0.304 e. The van der Waals surface area contributed by atoms with Crippen LogP contribution in [0.2, 0.25) is 0 Å². The summed E-state index contributed by atoms with van der Waals surface area (Å²) in [5.41, 5.74) is 1.88. The van der Waals surface area contributed by atoms with Gasteiger partial charge in [-0.05, 0) is 42.0 Å². The third-order valence-electron chi connectivity index (χ3n) is 5.55. The molecule has 3 heterocycles. The number of alkyl halides is 2. The maximum absolute atomic E-state index is 15.1. The number of hydrogen-bond donors (Lipinski definition) is 0. The third kappa shape index (κ3) is 5.08. The number of likely N-dealkylation sites (N-methyl/N-ethyl adjacent to an activating group) is 1. The highest BCUT2D eigenvalue weighted by Crippen LogP contribution is 2.33. The van der Waals surface area contributed by atoms with Gasteiger partial charge >= 0.3 is 0 Å². The fraction of sp³-hybridized carbons (Fsp3) is 0.364. The molecule has 0 spiro atoms. The molecule has 1 saturated heterocycles. The Balaban J connectivity index is 1.54. The van der Waals surface area contributed by atoms with Crippen LogP contribution in [0.25, 0.3) is 0 Å². The molecular formula is C22H25F3N6S. The van der Waals surface area contributed by atoms with Crippen LogP contribution in [0.3, 0.4) is 0 Å². The van der Waals surface area contributed by atoms with Crippen LogP contribution in [0.4, 0.5) is 18.9 Å². The quantitative estimate of drug-likeness (QED) is 0.587. The van der Waals surface area contributed by atoms with Crippen molar-refractivity contribution in [2.45, 2.75) is 19.4 Å². The topological polar surface area (TPSA) is 47.3 Å². The summed E-state index contributed by atoms with van der Waals surface area (Å²) in [6.07, 6.45) is 0.734. The smallest absolute Gasteiger partial charge is 0.278 e. The molecule has 170 valence electrons. The van der Waals surface area contributed by atoms with Crippen LogP contribution in [0.15, 0.2) is 52.9 Å². The fourth-order valence-electron chi connectivity index (χ4n) is 3.58.